The molecule has 3 aliphatic rings. The number of fused-ring (bicyclic) bond motifs is 2. The van der Waals surface area contributed by atoms with Crippen molar-refractivity contribution in [2.75, 3.05) is 7.11 Å². The zero-order chi connectivity index (χ0) is 20.6. The second-order valence-corrected chi connectivity index (χ2v) is 9.32. The van der Waals surface area contributed by atoms with E-state index >= 15 is 0 Å². The molecule has 6 heteroatoms. The molecule has 1 aromatic carbocycles. The number of rotatable bonds is 6. The molecule has 1 aliphatic carbocycles. The maximum Gasteiger partial charge on any atom is 0.408 e. The fraction of sp³-hybridized carbons (Fsp3) is 0.696. The Morgan fingerprint density at radius 1 is 1.24 bits per heavy atom. The van der Waals surface area contributed by atoms with Crippen LogP contribution in [0, 0.1) is 11.7 Å². The first-order valence-corrected chi connectivity index (χ1v) is 10.9. The summed E-state index contributed by atoms with van der Waals surface area (Å²) in [5.41, 5.74) is -0.766. The molecule has 1 saturated carbocycles. The first kappa shape index (κ1) is 20.6. The van der Waals surface area contributed by atoms with Crippen molar-refractivity contribution in [2.45, 2.75) is 87.5 Å². The molecule has 2 saturated heterocycles. The lowest BCUT2D eigenvalue weighted by molar-refractivity contribution is -0.00698. The van der Waals surface area contributed by atoms with Gasteiger partial charge in [0.25, 0.3) is 0 Å². The summed E-state index contributed by atoms with van der Waals surface area (Å²) in [5, 5.41) is 21.2. The molecule has 29 heavy (non-hydrogen) atoms. The van der Waals surface area contributed by atoms with Crippen molar-refractivity contribution in [1.29, 1.82) is 0 Å². The Morgan fingerprint density at radius 3 is 2.52 bits per heavy atom. The van der Waals surface area contributed by atoms with Gasteiger partial charge in [0.1, 0.15) is 11.9 Å². The first-order valence-electron chi connectivity index (χ1n) is 10.9. The largest absolute Gasteiger partial charge is 0.465 e. The van der Waals surface area contributed by atoms with Crippen LogP contribution in [0.2, 0.25) is 0 Å². The van der Waals surface area contributed by atoms with Crippen molar-refractivity contribution in [1.82, 2.24) is 4.90 Å². The number of benzene rings is 1. The van der Waals surface area contributed by atoms with Crippen LogP contribution in [0.3, 0.4) is 0 Å². The smallest absolute Gasteiger partial charge is 0.408 e. The lowest BCUT2D eigenvalue weighted by Crippen LogP contribution is -2.53. The summed E-state index contributed by atoms with van der Waals surface area (Å²) in [7, 11) is 1.77. The van der Waals surface area contributed by atoms with Gasteiger partial charge in [-0.25, -0.2) is 9.18 Å². The summed E-state index contributed by atoms with van der Waals surface area (Å²) < 4.78 is 19.2. The van der Waals surface area contributed by atoms with Crippen molar-refractivity contribution in [3.63, 3.8) is 0 Å². The van der Waals surface area contributed by atoms with Gasteiger partial charge in [-0.1, -0.05) is 12.1 Å². The summed E-state index contributed by atoms with van der Waals surface area (Å²) in [5.74, 6) is 0.212. The minimum absolute atomic E-state index is 0.368. The topological polar surface area (TPSA) is 70.0 Å². The van der Waals surface area contributed by atoms with E-state index in [9.17, 15) is 19.4 Å². The number of hydrogen-bond donors (Lipinski definition) is 2. The van der Waals surface area contributed by atoms with Gasteiger partial charge < -0.3 is 14.9 Å². The maximum absolute atomic E-state index is 13.7. The summed E-state index contributed by atoms with van der Waals surface area (Å²) in [6, 6.07) is 5.93. The molecule has 4 rings (SSSR count). The molecule has 0 aromatic heterocycles. The molecule has 2 N–H and O–H groups in total. The van der Waals surface area contributed by atoms with Gasteiger partial charge in [-0.15, -0.1) is 0 Å². The van der Waals surface area contributed by atoms with Crippen LogP contribution < -0.4 is 0 Å². The van der Waals surface area contributed by atoms with E-state index in [1.54, 1.807) is 24.1 Å². The molecule has 2 heterocycles. The second-order valence-electron chi connectivity index (χ2n) is 9.32. The monoisotopic (exact) mass is 405 g/mol. The zero-order valence-corrected chi connectivity index (χ0v) is 17.1. The van der Waals surface area contributed by atoms with Gasteiger partial charge in [0, 0.05) is 12.6 Å². The van der Waals surface area contributed by atoms with E-state index in [0.29, 0.717) is 30.4 Å². The van der Waals surface area contributed by atoms with E-state index in [0.717, 1.165) is 51.4 Å². The minimum atomic E-state index is -1.00. The number of aliphatic hydroxyl groups excluding tert-OH is 1. The van der Waals surface area contributed by atoms with Crippen molar-refractivity contribution in [3.8, 4) is 0 Å². The Bertz CT molecular complexity index is 738. The van der Waals surface area contributed by atoms with E-state index < -0.39 is 29.1 Å². The first-order chi connectivity index (χ1) is 13.9. The number of carboxylic acid groups (broad SMARTS) is 1. The summed E-state index contributed by atoms with van der Waals surface area (Å²) in [6.07, 6.45) is 7.53. The van der Waals surface area contributed by atoms with Crippen LogP contribution >= 0.6 is 0 Å². The molecule has 0 radical (unpaired) electrons. The van der Waals surface area contributed by atoms with Crippen LogP contribution in [0.4, 0.5) is 9.18 Å². The molecule has 160 valence electrons. The van der Waals surface area contributed by atoms with Crippen LogP contribution in [0.25, 0.3) is 0 Å². The standard InChI is InChI=1S/C23H32FNO4/c1-29-19-7-5-16(6-8-19)9-10-22-11-13-23(14-12-22,25(22)21(27)28)20(26)17-3-2-4-18(24)15-17/h2-4,15-16,19-20,26H,5-14H2,1H3,(H,27,28)/t16-,19-,20-,22?,23?/m0/s1. The predicted molar refractivity (Wildman–Crippen MR) is 107 cm³/mol. The normalized spacial score (nSPS) is 35.1. The molecule has 3 fully saturated rings. The number of amides is 1. The molecule has 0 spiro atoms. The summed E-state index contributed by atoms with van der Waals surface area (Å²) in [4.78, 5) is 13.9. The van der Waals surface area contributed by atoms with Gasteiger partial charge in [-0.2, -0.15) is 0 Å². The van der Waals surface area contributed by atoms with Gasteiger partial charge in [-0.3, -0.25) is 4.90 Å². The summed E-state index contributed by atoms with van der Waals surface area (Å²) >= 11 is 0. The quantitative estimate of drug-likeness (QED) is 0.707. The average Bonchev–Trinajstić information content (AvgIpc) is 3.24. The SMILES string of the molecule is CO[C@H]1CC[C@H](CCC23CCC([C@@H](O)c4cccc(F)c4)(CC2)N3C(=O)O)CC1. The van der Waals surface area contributed by atoms with Crippen molar-refractivity contribution in [2.24, 2.45) is 5.92 Å². The van der Waals surface area contributed by atoms with Gasteiger partial charge in [-0.05, 0) is 87.8 Å². The molecular weight excluding hydrogens is 373 g/mol. The lowest BCUT2D eigenvalue weighted by Gasteiger charge is -2.40. The maximum atomic E-state index is 13.7. The fourth-order valence-corrected chi connectivity index (χ4v) is 6.33. The van der Waals surface area contributed by atoms with Crippen LogP contribution in [0.1, 0.15) is 75.9 Å². The molecule has 5 nitrogen and oxygen atoms in total. The highest BCUT2D eigenvalue weighted by molar-refractivity contribution is 5.69. The Morgan fingerprint density at radius 2 is 1.93 bits per heavy atom. The Labute approximate surface area is 171 Å². The average molecular weight is 406 g/mol. The zero-order valence-electron chi connectivity index (χ0n) is 17.1. The molecular formula is C23H32FNO4. The molecule has 0 unspecified atom stereocenters. The van der Waals surface area contributed by atoms with Gasteiger partial charge >= 0.3 is 6.09 Å². The van der Waals surface area contributed by atoms with Gasteiger partial charge in [0.15, 0.2) is 0 Å². The number of nitrogens with zero attached hydrogens (tertiary/aromatic N) is 1. The van der Waals surface area contributed by atoms with Crippen LogP contribution in [-0.4, -0.2) is 45.5 Å². The van der Waals surface area contributed by atoms with E-state index in [2.05, 4.69) is 0 Å². The van der Waals surface area contributed by atoms with Crippen LogP contribution in [0.5, 0.6) is 0 Å². The van der Waals surface area contributed by atoms with Gasteiger partial charge in [0.05, 0.1) is 11.6 Å². The number of carbonyl (C=O) groups is 1. The number of halogens is 1. The van der Waals surface area contributed by atoms with Crippen molar-refractivity contribution < 1.29 is 24.1 Å². The highest BCUT2D eigenvalue weighted by atomic mass is 19.1. The minimum Gasteiger partial charge on any atom is -0.465 e. The molecule has 1 aromatic rings. The molecule has 2 bridgehead atoms. The lowest BCUT2D eigenvalue weighted by atomic mass is 9.74. The number of hydrogen-bond acceptors (Lipinski definition) is 3. The Kier molecular flexibility index (Phi) is 5.60. The predicted octanol–water partition coefficient (Wildman–Crippen LogP) is 4.89. The number of aliphatic hydroxyl groups is 1. The van der Waals surface area contributed by atoms with E-state index in [1.807, 2.05) is 0 Å². The van der Waals surface area contributed by atoms with Crippen molar-refractivity contribution >= 4 is 6.09 Å². The Hall–Kier alpha value is -1.66. The Balaban J connectivity index is 1.50. The van der Waals surface area contributed by atoms with E-state index in [4.69, 9.17) is 4.74 Å². The molecule has 1 atom stereocenters. The van der Waals surface area contributed by atoms with Crippen molar-refractivity contribution in [3.05, 3.63) is 35.6 Å². The van der Waals surface area contributed by atoms with E-state index in [-0.39, 0.29) is 0 Å². The third kappa shape index (κ3) is 3.55. The highest BCUT2D eigenvalue weighted by Crippen LogP contribution is 2.60. The number of ether oxygens (including phenoxy) is 1. The fourth-order valence-electron chi connectivity index (χ4n) is 6.33. The molecule has 2 aliphatic heterocycles. The summed E-state index contributed by atoms with van der Waals surface area (Å²) in [6.45, 7) is 0. The second kappa shape index (κ2) is 7.88. The van der Waals surface area contributed by atoms with Crippen LogP contribution in [0.15, 0.2) is 24.3 Å². The third-order valence-corrected chi connectivity index (χ3v) is 7.98. The molecule has 1 amide bonds. The highest BCUT2D eigenvalue weighted by Gasteiger charge is 2.65. The van der Waals surface area contributed by atoms with Crippen LogP contribution in [-0.2, 0) is 4.74 Å². The van der Waals surface area contributed by atoms with E-state index in [1.165, 1.54) is 12.1 Å². The number of methoxy groups -OCH3 is 1. The third-order valence-electron chi connectivity index (χ3n) is 7.98. The van der Waals surface area contributed by atoms with Gasteiger partial charge in [0.2, 0.25) is 0 Å².